The maximum absolute atomic E-state index is 13.8. The van der Waals surface area contributed by atoms with E-state index in [2.05, 4.69) is 10.4 Å². The van der Waals surface area contributed by atoms with E-state index in [0.717, 1.165) is 24.8 Å². The Morgan fingerprint density at radius 1 is 1.21 bits per heavy atom. The van der Waals surface area contributed by atoms with E-state index in [1.807, 2.05) is 6.20 Å². The number of aromatic nitrogens is 2. The molecule has 4 aliphatic rings. The number of fused-ring (bicyclic) bond motifs is 1. The van der Waals surface area contributed by atoms with E-state index in [1.54, 1.807) is 35.1 Å². The third-order valence-corrected chi connectivity index (χ3v) is 7.65. The van der Waals surface area contributed by atoms with Crippen molar-refractivity contribution in [3.8, 4) is 11.4 Å². The average Bonchev–Trinajstić information content (AvgIpc) is 3.21. The molecule has 3 saturated carbocycles. The van der Waals surface area contributed by atoms with Gasteiger partial charge in [-0.3, -0.25) is 4.79 Å². The first-order valence-corrected chi connectivity index (χ1v) is 11.5. The van der Waals surface area contributed by atoms with Crippen molar-refractivity contribution in [1.82, 2.24) is 15.1 Å². The standard InChI is InChI=1S/C24H20Cl2FN3O3/c25-14-1-4-20-16(5-14)19(31)7-21(33-20)22(32)29-24-10-23(11-24,12-24)13-8-28-30(9-13)15-2-3-17(26)18(27)6-15/h1-6,8-9,19,21,31H,7,10-12H2,(H,29,32)/t19-,21-,23?,24?/m1/s1. The van der Waals surface area contributed by atoms with Crippen LogP contribution in [0.4, 0.5) is 4.39 Å². The van der Waals surface area contributed by atoms with E-state index in [-0.39, 0.29) is 28.3 Å². The second kappa shape index (κ2) is 7.19. The Labute approximate surface area is 199 Å². The molecular formula is C24H20Cl2FN3O3. The number of benzene rings is 2. The van der Waals surface area contributed by atoms with Crippen LogP contribution in [0.15, 0.2) is 48.8 Å². The number of carbonyl (C=O) groups is 1. The summed E-state index contributed by atoms with van der Waals surface area (Å²) in [4.78, 5) is 12.9. The minimum Gasteiger partial charge on any atom is -0.480 e. The molecule has 3 aromatic rings. The molecule has 2 atom stereocenters. The van der Waals surface area contributed by atoms with E-state index in [1.165, 1.54) is 12.1 Å². The number of ether oxygens (including phenoxy) is 1. The lowest BCUT2D eigenvalue weighted by Crippen LogP contribution is -2.77. The Morgan fingerprint density at radius 3 is 2.76 bits per heavy atom. The molecule has 2 aromatic carbocycles. The van der Waals surface area contributed by atoms with E-state index in [0.29, 0.717) is 22.0 Å². The van der Waals surface area contributed by atoms with Gasteiger partial charge in [0.25, 0.3) is 5.91 Å². The molecule has 2 bridgehead atoms. The number of carbonyl (C=O) groups excluding carboxylic acids is 1. The van der Waals surface area contributed by atoms with Crippen molar-refractivity contribution in [2.75, 3.05) is 0 Å². The molecule has 0 unspecified atom stereocenters. The molecular weight excluding hydrogens is 468 g/mol. The zero-order valence-corrected chi connectivity index (χ0v) is 18.9. The summed E-state index contributed by atoms with van der Waals surface area (Å²) in [6.07, 6.45) is 4.80. The summed E-state index contributed by atoms with van der Waals surface area (Å²) in [6.45, 7) is 0. The van der Waals surface area contributed by atoms with Crippen LogP contribution >= 0.6 is 23.2 Å². The Balaban J connectivity index is 1.11. The number of nitrogens with zero attached hydrogens (tertiary/aromatic N) is 2. The van der Waals surface area contributed by atoms with Crippen molar-refractivity contribution in [2.45, 2.75) is 48.8 Å². The summed E-state index contributed by atoms with van der Waals surface area (Å²) in [5.41, 5.74) is 2.01. The first-order valence-electron chi connectivity index (χ1n) is 10.7. The Kier molecular flexibility index (Phi) is 4.57. The highest BCUT2D eigenvalue weighted by molar-refractivity contribution is 6.31. The normalized spacial score (nSPS) is 29.3. The predicted octanol–water partition coefficient (Wildman–Crippen LogP) is 4.49. The van der Waals surface area contributed by atoms with Gasteiger partial charge in [-0.05, 0) is 55.2 Å². The maximum Gasteiger partial charge on any atom is 0.261 e. The second-order valence-electron chi connectivity index (χ2n) is 9.39. The van der Waals surface area contributed by atoms with Crippen molar-refractivity contribution in [1.29, 1.82) is 0 Å². The highest BCUT2D eigenvalue weighted by atomic mass is 35.5. The number of hydrogen-bond acceptors (Lipinski definition) is 4. The molecule has 33 heavy (non-hydrogen) atoms. The van der Waals surface area contributed by atoms with Gasteiger partial charge >= 0.3 is 0 Å². The molecule has 1 aliphatic heterocycles. The monoisotopic (exact) mass is 487 g/mol. The highest BCUT2D eigenvalue weighted by Crippen LogP contribution is 2.67. The SMILES string of the molecule is O=C(NC12CC(c3cnn(-c4ccc(Cl)c(F)c4)c3)(C1)C2)[C@H]1C[C@@H](O)c2cc(Cl)ccc2O1. The van der Waals surface area contributed by atoms with Crippen LogP contribution in [0.2, 0.25) is 10.0 Å². The van der Waals surface area contributed by atoms with Crippen molar-refractivity contribution < 1.29 is 19.0 Å². The first kappa shape index (κ1) is 21.0. The molecule has 9 heteroatoms. The van der Waals surface area contributed by atoms with Crippen LogP contribution in [0, 0.1) is 5.82 Å². The molecule has 170 valence electrons. The van der Waals surface area contributed by atoms with Crippen LogP contribution in [-0.2, 0) is 10.2 Å². The summed E-state index contributed by atoms with van der Waals surface area (Å²) in [5.74, 6) is -0.215. The largest absolute Gasteiger partial charge is 0.480 e. The fourth-order valence-electron chi connectivity index (χ4n) is 5.51. The zero-order chi connectivity index (χ0) is 23.0. The summed E-state index contributed by atoms with van der Waals surface area (Å²) < 4.78 is 21.3. The predicted molar refractivity (Wildman–Crippen MR) is 120 cm³/mol. The summed E-state index contributed by atoms with van der Waals surface area (Å²) in [7, 11) is 0. The van der Waals surface area contributed by atoms with Gasteiger partial charge in [0.2, 0.25) is 0 Å². The van der Waals surface area contributed by atoms with Gasteiger partial charge in [0.1, 0.15) is 11.6 Å². The van der Waals surface area contributed by atoms with E-state index in [9.17, 15) is 14.3 Å². The van der Waals surface area contributed by atoms with Gasteiger partial charge in [0.15, 0.2) is 6.10 Å². The molecule has 0 spiro atoms. The minimum atomic E-state index is -0.800. The molecule has 3 fully saturated rings. The van der Waals surface area contributed by atoms with Crippen molar-refractivity contribution in [3.05, 3.63) is 75.8 Å². The lowest BCUT2D eigenvalue weighted by atomic mass is 9.37. The van der Waals surface area contributed by atoms with Crippen LogP contribution in [0.5, 0.6) is 5.75 Å². The molecule has 7 rings (SSSR count). The van der Waals surface area contributed by atoms with Gasteiger partial charge in [-0.15, -0.1) is 0 Å². The molecule has 1 amide bonds. The van der Waals surface area contributed by atoms with Crippen LogP contribution in [-0.4, -0.2) is 32.4 Å². The van der Waals surface area contributed by atoms with Crippen LogP contribution < -0.4 is 10.1 Å². The molecule has 1 aromatic heterocycles. The van der Waals surface area contributed by atoms with Crippen molar-refractivity contribution >= 4 is 29.1 Å². The van der Waals surface area contributed by atoms with Gasteiger partial charge in [-0.1, -0.05) is 23.2 Å². The quantitative estimate of drug-likeness (QED) is 0.568. The van der Waals surface area contributed by atoms with Gasteiger partial charge in [0, 0.05) is 40.2 Å². The maximum atomic E-state index is 13.8. The highest BCUT2D eigenvalue weighted by Gasteiger charge is 2.69. The number of aliphatic hydroxyl groups is 1. The first-order chi connectivity index (χ1) is 15.8. The van der Waals surface area contributed by atoms with Gasteiger partial charge < -0.3 is 15.2 Å². The summed E-state index contributed by atoms with van der Waals surface area (Å²) in [5, 5.41) is 18.6. The van der Waals surface area contributed by atoms with Gasteiger partial charge in [-0.2, -0.15) is 5.10 Å². The second-order valence-corrected chi connectivity index (χ2v) is 10.2. The van der Waals surface area contributed by atoms with Gasteiger partial charge in [0.05, 0.1) is 23.0 Å². The van der Waals surface area contributed by atoms with E-state index >= 15 is 0 Å². The minimum absolute atomic E-state index is 0.0210. The number of aliphatic hydroxyl groups excluding tert-OH is 1. The molecule has 0 saturated heterocycles. The molecule has 0 radical (unpaired) electrons. The molecule has 2 N–H and O–H groups in total. The number of amides is 1. The van der Waals surface area contributed by atoms with Gasteiger partial charge in [-0.25, -0.2) is 9.07 Å². The topological polar surface area (TPSA) is 76.4 Å². The molecule has 6 nitrogen and oxygen atoms in total. The Bertz CT molecular complexity index is 1270. The Morgan fingerprint density at radius 2 is 2.00 bits per heavy atom. The van der Waals surface area contributed by atoms with E-state index in [4.69, 9.17) is 27.9 Å². The number of rotatable bonds is 4. The van der Waals surface area contributed by atoms with Crippen LogP contribution in [0.25, 0.3) is 5.69 Å². The number of hydrogen-bond donors (Lipinski definition) is 2. The fraction of sp³-hybridized carbons (Fsp3) is 0.333. The average molecular weight is 488 g/mol. The van der Waals surface area contributed by atoms with E-state index < -0.39 is 18.0 Å². The van der Waals surface area contributed by atoms with Crippen LogP contribution in [0.3, 0.4) is 0 Å². The fourth-order valence-corrected chi connectivity index (χ4v) is 5.81. The third kappa shape index (κ3) is 3.33. The lowest BCUT2D eigenvalue weighted by molar-refractivity contribution is -0.146. The lowest BCUT2D eigenvalue weighted by Gasteiger charge is -2.70. The third-order valence-electron chi connectivity index (χ3n) is 7.11. The van der Waals surface area contributed by atoms with Crippen molar-refractivity contribution in [3.63, 3.8) is 0 Å². The summed E-state index contributed by atoms with van der Waals surface area (Å²) >= 11 is 11.8. The summed E-state index contributed by atoms with van der Waals surface area (Å²) in [6, 6.07) is 9.61. The molecule has 3 aliphatic carbocycles. The zero-order valence-electron chi connectivity index (χ0n) is 17.4. The Hall–Kier alpha value is -2.61. The number of nitrogens with one attached hydrogen (secondary N) is 1. The molecule has 2 heterocycles. The smallest absolute Gasteiger partial charge is 0.261 e. The van der Waals surface area contributed by atoms with Crippen molar-refractivity contribution in [2.24, 2.45) is 0 Å². The number of halogens is 3. The van der Waals surface area contributed by atoms with Crippen LogP contribution in [0.1, 0.15) is 42.9 Å².